The maximum atomic E-state index is 12.4. The van der Waals surface area contributed by atoms with Gasteiger partial charge in [-0.15, -0.1) is 0 Å². The second-order valence-corrected chi connectivity index (χ2v) is 6.40. The van der Waals surface area contributed by atoms with Gasteiger partial charge in [-0.25, -0.2) is 8.42 Å². The van der Waals surface area contributed by atoms with Crippen LogP contribution in [0.15, 0.2) is 47.6 Å². The Bertz CT molecular complexity index is 700. The van der Waals surface area contributed by atoms with Crippen LogP contribution >= 0.6 is 0 Å². The van der Waals surface area contributed by atoms with Crippen LogP contribution < -0.4 is 10.0 Å². The Morgan fingerprint density at radius 2 is 2.05 bits per heavy atom. The molecule has 1 aromatic carbocycles. The molecule has 0 aliphatic heterocycles. The first-order valence-corrected chi connectivity index (χ1v) is 8.24. The molecule has 0 fully saturated rings. The van der Waals surface area contributed by atoms with Gasteiger partial charge in [0.15, 0.2) is 0 Å². The van der Waals surface area contributed by atoms with Crippen molar-refractivity contribution in [3.8, 4) is 0 Å². The third-order valence-corrected chi connectivity index (χ3v) is 4.49. The summed E-state index contributed by atoms with van der Waals surface area (Å²) in [7, 11) is -3.60. The summed E-state index contributed by atoms with van der Waals surface area (Å²) in [5.74, 6) is 0. The molecule has 2 rings (SSSR count). The zero-order valence-corrected chi connectivity index (χ0v) is 12.9. The van der Waals surface area contributed by atoms with Crippen molar-refractivity contribution in [3.05, 3.63) is 53.9 Å². The summed E-state index contributed by atoms with van der Waals surface area (Å²) in [4.78, 5) is 4.15. The topological polar surface area (TPSA) is 71.1 Å². The average Bonchev–Trinajstić information content (AvgIpc) is 2.47. The fourth-order valence-corrected chi connectivity index (χ4v) is 3.00. The largest absolute Gasteiger partial charge is 0.313 e. The quantitative estimate of drug-likeness (QED) is 0.859. The van der Waals surface area contributed by atoms with Crippen molar-refractivity contribution in [3.63, 3.8) is 0 Å². The van der Waals surface area contributed by atoms with Crippen LogP contribution in [0.3, 0.4) is 0 Å². The second kappa shape index (κ2) is 6.69. The van der Waals surface area contributed by atoms with E-state index in [1.807, 2.05) is 19.9 Å². The molecule has 0 aliphatic carbocycles. The van der Waals surface area contributed by atoms with E-state index in [0.717, 1.165) is 17.7 Å². The zero-order chi connectivity index (χ0) is 15.3. The van der Waals surface area contributed by atoms with Crippen LogP contribution in [-0.4, -0.2) is 19.9 Å². The van der Waals surface area contributed by atoms with E-state index < -0.39 is 10.0 Å². The summed E-state index contributed by atoms with van der Waals surface area (Å²) in [5.41, 5.74) is 2.49. The van der Waals surface area contributed by atoms with E-state index in [9.17, 15) is 8.42 Å². The lowest BCUT2D eigenvalue weighted by Gasteiger charge is -2.11. The minimum absolute atomic E-state index is 0.254. The lowest BCUT2D eigenvalue weighted by molar-refractivity contribution is 0.601. The van der Waals surface area contributed by atoms with Gasteiger partial charge < -0.3 is 5.32 Å². The van der Waals surface area contributed by atoms with Gasteiger partial charge in [0, 0.05) is 12.7 Å². The van der Waals surface area contributed by atoms with Gasteiger partial charge in [-0.2, -0.15) is 0 Å². The van der Waals surface area contributed by atoms with Crippen LogP contribution in [0.2, 0.25) is 0 Å². The molecule has 1 heterocycles. The highest BCUT2D eigenvalue weighted by Crippen LogP contribution is 2.18. The van der Waals surface area contributed by atoms with Gasteiger partial charge >= 0.3 is 0 Å². The monoisotopic (exact) mass is 305 g/mol. The van der Waals surface area contributed by atoms with Crippen LogP contribution in [0.4, 0.5) is 5.69 Å². The van der Waals surface area contributed by atoms with Crippen LogP contribution in [-0.2, 0) is 16.6 Å². The Morgan fingerprint density at radius 3 is 2.71 bits per heavy atom. The van der Waals surface area contributed by atoms with Crippen molar-refractivity contribution >= 4 is 15.7 Å². The minimum Gasteiger partial charge on any atom is -0.313 e. The molecular formula is C15H19N3O2S. The fraction of sp³-hybridized carbons (Fsp3) is 0.267. The molecule has 0 amide bonds. The minimum atomic E-state index is -3.60. The van der Waals surface area contributed by atoms with E-state index in [4.69, 9.17) is 0 Å². The first kappa shape index (κ1) is 15.5. The first-order valence-electron chi connectivity index (χ1n) is 6.76. The van der Waals surface area contributed by atoms with Crippen molar-refractivity contribution in [2.75, 3.05) is 11.3 Å². The van der Waals surface area contributed by atoms with Gasteiger partial charge in [-0.3, -0.25) is 9.71 Å². The van der Waals surface area contributed by atoms with E-state index in [0.29, 0.717) is 12.2 Å². The number of anilines is 1. The average molecular weight is 305 g/mol. The Labute approximate surface area is 125 Å². The van der Waals surface area contributed by atoms with Crippen molar-refractivity contribution < 1.29 is 8.42 Å². The number of hydrogen-bond donors (Lipinski definition) is 2. The van der Waals surface area contributed by atoms with E-state index in [-0.39, 0.29) is 4.90 Å². The fourth-order valence-electron chi connectivity index (χ4n) is 1.90. The number of pyridine rings is 1. The molecule has 0 radical (unpaired) electrons. The molecule has 0 spiro atoms. The first-order chi connectivity index (χ1) is 10.0. The molecule has 5 nitrogen and oxygen atoms in total. The highest BCUT2D eigenvalue weighted by atomic mass is 32.2. The van der Waals surface area contributed by atoms with Crippen LogP contribution in [0.1, 0.15) is 18.1 Å². The summed E-state index contributed by atoms with van der Waals surface area (Å²) in [6.45, 7) is 5.47. The number of nitrogens with one attached hydrogen (secondary N) is 2. The van der Waals surface area contributed by atoms with Crippen molar-refractivity contribution in [2.24, 2.45) is 0 Å². The van der Waals surface area contributed by atoms with Crippen LogP contribution in [0, 0.1) is 6.92 Å². The van der Waals surface area contributed by atoms with E-state index in [1.165, 1.54) is 6.20 Å². The Kier molecular flexibility index (Phi) is 4.93. The predicted octanol–water partition coefficient (Wildman–Crippen LogP) is 2.30. The molecule has 0 saturated carbocycles. The normalized spacial score (nSPS) is 11.3. The molecule has 0 aliphatic rings. The van der Waals surface area contributed by atoms with Crippen LogP contribution in [0.5, 0.6) is 0 Å². The summed E-state index contributed by atoms with van der Waals surface area (Å²) in [5, 5.41) is 3.21. The summed E-state index contributed by atoms with van der Waals surface area (Å²) < 4.78 is 27.3. The van der Waals surface area contributed by atoms with Gasteiger partial charge in [0.05, 0.1) is 16.8 Å². The molecule has 112 valence electrons. The third-order valence-electron chi connectivity index (χ3n) is 3.11. The number of benzene rings is 1. The van der Waals surface area contributed by atoms with Gasteiger partial charge in [0.2, 0.25) is 0 Å². The highest BCUT2D eigenvalue weighted by Gasteiger charge is 2.15. The van der Waals surface area contributed by atoms with E-state index >= 15 is 0 Å². The van der Waals surface area contributed by atoms with Gasteiger partial charge in [0.1, 0.15) is 0 Å². The van der Waals surface area contributed by atoms with Gasteiger partial charge in [-0.05, 0) is 48.9 Å². The van der Waals surface area contributed by atoms with Crippen molar-refractivity contribution in [2.45, 2.75) is 25.3 Å². The number of nitrogens with zero attached hydrogens (tertiary/aromatic N) is 1. The Hall–Kier alpha value is -1.92. The molecule has 0 saturated heterocycles. The standard InChI is InChI=1S/C15H19N3O2S/c1-3-16-10-13-9-15(7-6-12(13)2)21(19,20)18-14-5-4-8-17-11-14/h4-9,11,16,18H,3,10H2,1-2H3. The lowest BCUT2D eigenvalue weighted by Crippen LogP contribution is -2.16. The highest BCUT2D eigenvalue weighted by molar-refractivity contribution is 7.92. The molecule has 0 atom stereocenters. The third kappa shape index (κ3) is 4.03. The maximum absolute atomic E-state index is 12.4. The number of rotatable bonds is 6. The Balaban J connectivity index is 2.27. The second-order valence-electron chi connectivity index (χ2n) is 4.72. The maximum Gasteiger partial charge on any atom is 0.261 e. The van der Waals surface area contributed by atoms with Crippen molar-refractivity contribution in [1.82, 2.24) is 10.3 Å². The molecular weight excluding hydrogens is 286 g/mol. The smallest absolute Gasteiger partial charge is 0.261 e. The summed E-state index contributed by atoms with van der Waals surface area (Å²) in [6.07, 6.45) is 3.07. The molecule has 21 heavy (non-hydrogen) atoms. The Morgan fingerprint density at radius 1 is 1.24 bits per heavy atom. The predicted molar refractivity (Wildman–Crippen MR) is 83.6 cm³/mol. The van der Waals surface area contributed by atoms with Gasteiger partial charge in [0.25, 0.3) is 10.0 Å². The number of aryl methyl sites for hydroxylation is 1. The molecule has 0 bridgehead atoms. The zero-order valence-electron chi connectivity index (χ0n) is 12.1. The van der Waals surface area contributed by atoms with Crippen molar-refractivity contribution in [1.29, 1.82) is 0 Å². The molecule has 6 heteroatoms. The van der Waals surface area contributed by atoms with Gasteiger partial charge in [-0.1, -0.05) is 13.0 Å². The summed E-state index contributed by atoms with van der Waals surface area (Å²) >= 11 is 0. The van der Waals surface area contributed by atoms with E-state index in [2.05, 4.69) is 15.0 Å². The van der Waals surface area contributed by atoms with Crippen LogP contribution in [0.25, 0.3) is 0 Å². The summed E-state index contributed by atoms with van der Waals surface area (Å²) in [6, 6.07) is 8.49. The number of aromatic nitrogens is 1. The number of hydrogen-bond acceptors (Lipinski definition) is 4. The molecule has 0 unspecified atom stereocenters. The SMILES string of the molecule is CCNCc1cc(S(=O)(=O)Nc2cccnc2)ccc1C. The number of sulfonamides is 1. The molecule has 2 N–H and O–H groups in total. The lowest BCUT2D eigenvalue weighted by atomic mass is 10.1. The molecule has 2 aromatic rings. The molecule has 1 aromatic heterocycles. The van der Waals surface area contributed by atoms with E-state index in [1.54, 1.807) is 30.5 Å².